The second kappa shape index (κ2) is 4.37. The van der Waals surface area contributed by atoms with Crippen molar-refractivity contribution < 1.29 is 23.8 Å². The molecule has 0 aromatic rings. The number of rotatable bonds is 3. The Labute approximate surface area is 69.3 Å². The van der Waals surface area contributed by atoms with Gasteiger partial charge in [0.25, 0.3) is 0 Å². The van der Waals surface area contributed by atoms with E-state index >= 15 is 0 Å². The van der Waals surface area contributed by atoms with Gasteiger partial charge in [-0.3, -0.25) is 0 Å². The standard InChI is InChI=1S/C7H11FO4/c8-5-3-11-2-1-6(5)12-4-7(9)10/h5-6H,1-4H2,(H,9,10). The number of alkyl halides is 1. The predicted molar refractivity (Wildman–Crippen MR) is 37.7 cm³/mol. The summed E-state index contributed by atoms with van der Waals surface area (Å²) in [4.78, 5) is 10.1. The molecule has 0 saturated carbocycles. The van der Waals surface area contributed by atoms with Crippen molar-refractivity contribution in [3.8, 4) is 0 Å². The molecule has 1 saturated heterocycles. The molecule has 0 aromatic heterocycles. The van der Waals surface area contributed by atoms with Crippen LogP contribution in [0.4, 0.5) is 4.39 Å². The second-order valence-corrected chi connectivity index (χ2v) is 2.62. The number of carboxylic acid groups (broad SMARTS) is 1. The van der Waals surface area contributed by atoms with Gasteiger partial charge in [-0.25, -0.2) is 9.18 Å². The van der Waals surface area contributed by atoms with Crippen molar-refractivity contribution >= 4 is 5.97 Å². The summed E-state index contributed by atoms with van der Waals surface area (Å²) in [6.07, 6.45) is -1.39. The minimum atomic E-state index is -1.20. The Bertz CT molecular complexity index is 161. The molecular weight excluding hydrogens is 167 g/mol. The molecule has 0 spiro atoms. The maximum Gasteiger partial charge on any atom is 0.329 e. The third-order valence-electron chi connectivity index (χ3n) is 1.65. The highest BCUT2D eigenvalue weighted by molar-refractivity contribution is 5.68. The van der Waals surface area contributed by atoms with Crippen LogP contribution in [0, 0.1) is 0 Å². The fourth-order valence-corrected chi connectivity index (χ4v) is 1.05. The molecule has 1 aliphatic rings. The van der Waals surface area contributed by atoms with Crippen LogP contribution in [0.25, 0.3) is 0 Å². The van der Waals surface area contributed by atoms with Gasteiger partial charge in [0.2, 0.25) is 0 Å². The lowest BCUT2D eigenvalue weighted by Crippen LogP contribution is -2.36. The first-order chi connectivity index (χ1) is 5.70. The molecule has 0 aromatic carbocycles. The third kappa shape index (κ3) is 2.75. The van der Waals surface area contributed by atoms with Crippen molar-refractivity contribution in [1.29, 1.82) is 0 Å². The van der Waals surface area contributed by atoms with E-state index in [0.29, 0.717) is 13.0 Å². The maximum atomic E-state index is 12.9. The lowest BCUT2D eigenvalue weighted by atomic mass is 10.1. The Morgan fingerprint density at radius 2 is 2.50 bits per heavy atom. The topological polar surface area (TPSA) is 55.8 Å². The van der Waals surface area contributed by atoms with Crippen molar-refractivity contribution in [1.82, 2.24) is 0 Å². The fraction of sp³-hybridized carbons (Fsp3) is 0.857. The molecule has 0 bridgehead atoms. The molecule has 0 aliphatic carbocycles. The average molecular weight is 178 g/mol. The Balaban J connectivity index is 2.24. The molecule has 12 heavy (non-hydrogen) atoms. The summed E-state index contributed by atoms with van der Waals surface area (Å²) in [5, 5.41) is 8.25. The minimum absolute atomic E-state index is 0.00425. The highest BCUT2D eigenvalue weighted by Gasteiger charge is 2.26. The summed E-state index contributed by atoms with van der Waals surface area (Å²) in [7, 11) is 0. The highest BCUT2D eigenvalue weighted by atomic mass is 19.1. The number of carboxylic acids is 1. The Kier molecular flexibility index (Phi) is 3.43. The van der Waals surface area contributed by atoms with Gasteiger partial charge < -0.3 is 14.6 Å². The number of carbonyl (C=O) groups is 1. The summed E-state index contributed by atoms with van der Waals surface area (Å²) in [5.41, 5.74) is 0. The zero-order chi connectivity index (χ0) is 8.97. The van der Waals surface area contributed by atoms with Crippen LogP contribution >= 0.6 is 0 Å². The van der Waals surface area contributed by atoms with E-state index in [1.807, 2.05) is 0 Å². The molecule has 4 nitrogen and oxygen atoms in total. The van der Waals surface area contributed by atoms with Gasteiger partial charge in [-0.05, 0) is 6.42 Å². The van der Waals surface area contributed by atoms with E-state index in [1.54, 1.807) is 0 Å². The van der Waals surface area contributed by atoms with Crippen LogP contribution in [0.1, 0.15) is 6.42 Å². The highest BCUT2D eigenvalue weighted by Crippen LogP contribution is 2.14. The Morgan fingerprint density at radius 3 is 3.08 bits per heavy atom. The summed E-state index contributed by atoms with van der Waals surface area (Å²) >= 11 is 0. The Morgan fingerprint density at radius 1 is 1.75 bits per heavy atom. The van der Waals surface area contributed by atoms with Crippen LogP contribution in [-0.4, -0.2) is 43.2 Å². The van der Waals surface area contributed by atoms with Crippen LogP contribution in [0.5, 0.6) is 0 Å². The average Bonchev–Trinajstić information content (AvgIpc) is 2.03. The van der Waals surface area contributed by atoms with Crippen molar-refractivity contribution in [3.05, 3.63) is 0 Å². The van der Waals surface area contributed by atoms with E-state index in [1.165, 1.54) is 0 Å². The van der Waals surface area contributed by atoms with E-state index in [0.717, 1.165) is 0 Å². The van der Waals surface area contributed by atoms with Crippen molar-refractivity contribution in [2.24, 2.45) is 0 Å². The van der Waals surface area contributed by atoms with E-state index in [4.69, 9.17) is 14.6 Å². The molecule has 70 valence electrons. The van der Waals surface area contributed by atoms with Gasteiger partial charge in [-0.1, -0.05) is 0 Å². The number of hydrogen-bond acceptors (Lipinski definition) is 3. The zero-order valence-electron chi connectivity index (χ0n) is 6.53. The SMILES string of the molecule is O=C(O)COC1CCOCC1F. The molecule has 1 heterocycles. The molecule has 1 fully saturated rings. The van der Waals surface area contributed by atoms with E-state index < -0.39 is 24.9 Å². The van der Waals surface area contributed by atoms with E-state index in [2.05, 4.69) is 0 Å². The van der Waals surface area contributed by atoms with Gasteiger partial charge in [0.15, 0.2) is 0 Å². The van der Waals surface area contributed by atoms with Gasteiger partial charge >= 0.3 is 5.97 Å². The molecule has 1 N–H and O–H groups in total. The molecule has 2 atom stereocenters. The van der Waals surface area contributed by atoms with Crippen molar-refractivity contribution in [2.75, 3.05) is 19.8 Å². The Hall–Kier alpha value is -0.680. The smallest absolute Gasteiger partial charge is 0.329 e. The summed E-state index contributed by atoms with van der Waals surface area (Å²) < 4.78 is 22.5. The summed E-state index contributed by atoms with van der Waals surface area (Å²) in [6, 6.07) is 0. The first-order valence-electron chi connectivity index (χ1n) is 3.75. The van der Waals surface area contributed by atoms with Crippen LogP contribution in [-0.2, 0) is 14.3 Å². The van der Waals surface area contributed by atoms with Gasteiger partial charge in [0.1, 0.15) is 12.8 Å². The number of halogens is 1. The third-order valence-corrected chi connectivity index (χ3v) is 1.65. The molecular formula is C7H11FO4. The zero-order valence-corrected chi connectivity index (χ0v) is 6.53. The molecule has 1 aliphatic heterocycles. The molecule has 5 heteroatoms. The quantitative estimate of drug-likeness (QED) is 0.671. The van der Waals surface area contributed by atoms with Crippen molar-refractivity contribution in [3.63, 3.8) is 0 Å². The largest absolute Gasteiger partial charge is 0.480 e. The summed E-state index contributed by atoms with van der Waals surface area (Å²) in [5.74, 6) is -1.08. The lowest BCUT2D eigenvalue weighted by Gasteiger charge is -2.25. The molecule has 0 amide bonds. The first kappa shape index (κ1) is 9.41. The molecule has 1 rings (SSSR count). The van der Waals surface area contributed by atoms with Crippen molar-refractivity contribution in [2.45, 2.75) is 18.7 Å². The maximum absolute atomic E-state index is 12.9. The second-order valence-electron chi connectivity index (χ2n) is 2.62. The fourth-order valence-electron chi connectivity index (χ4n) is 1.05. The molecule has 0 radical (unpaired) electrons. The minimum Gasteiger partial charge on any atom is -0.480 e. The lowest BCUT2D eigenvalue weighted by molar-refractivity contribution is -0.150. The number of hydrogen-bond donors (Lipinski definition) is 1. The predicted octanol–water partition coefficient (Wildman–Crippen LogP) is 0.215. The van der Waals surface area contributed by atoms with Crippen LogP contribution in [0.2, 0.25) is 0 Å². The molecule has 2 unspecified atom stereocenters. The number of ether oxygens (including phenoxy) is 2. The van der Waals surface area contributed by atoms with Gasteiger partial charge in [-0.15, -0.1) is 0 Å². The number of aliphatic carboxylic acids is 1. The van der Waals surface area contributed by atoms with E-state index in [-0.39, 0.29) is 6.61 Å². The van der Waals surface area contributed by atoms with Gasteiger partial charge in [0.05, 0.1) is 12.7 Å². The van der Waals surface area contributed by atoms with Crippen LogP contribution < -0.4 is 0 Å². The first-order valence-corrected chi connectivity index (χ1v) is 3.75. The van der Waals surface area contributed by atoms with Crippen LogP contribution in [0.3, 0.4) is 0 Å². The monoisotopic (exact) mass is 178 g/mol. The van der Waals surface area contributed by atoms with E-state index in [9.17, 15) is 9.18 Å². The van der Waals surface area contributed by atoms with Gasteiger partial charge in [0, 0.05) is 6.61 Å². The normalized spacial score (nSPS) is 30.1. The van der Waals surface area contributed by atoms with Crippen LogP contribution in [0.15, 0.2) is 0 Å². The summed E-state index contributed by atoms with van der Waals surface area (Å²) in [6.45, 7) is 0.0000775. The van der Waals surface area contributed by atoms with Gasteiger partial charge in [-0.2, -0.15) is 0 Å².